The molecule has 9 nitrogen and oxygen atoms in total. The van der Waals surface area contributed by atoms with Crippen LogP contribution in [0.15, 0.2) is 17.2 Å². The molecule has 2 amide bonds. The summed E-state index contributed by atoms with van der Waals surface area (Å²) in [5.74, 6) is -1.49. The Hall–Kier alpha value is -2.67. The SMILES string of the molecule is N#Cc1ccc2c(n1)S(=O)(=O)N(CC(=O)O)C(=O)N2. The van der Waals surface area contributed by atoms with Crippen LogP contribution in [-0.4, -0.2) is 41.4 Å². The number of carbonyl (C=O) groups is 2. The van der Waals surface area contributed by atoms with Gasteiger partial charge >= 0.3 is 12.0 Å². The molecule has 0 radical (unpaired) electrons. The monoisotopic (exact) mass is 282 g/mol. The molecule has 0 aliphatic carbocycles. The van der Waals surface area contributed by atoms with Gasteiger partial charge in [0.1, 0.15) is 18.3 Å². The molecule has 0 fully saturated rings. The fourth-order valence-corrected chi connectivity index (χ4v) is 2.83. The van der Waals surface area contributed by atoms with E-state index in [2.05, 4.69) is 10.3 Å². The third-order valence-corrected chi connectivity index (χ3v) is 3.93. The standard InChI is InChI=1S/C9H6N4O5S/c10-3-5-1-2-6-8(11-5)19(17,18)13(4-7(14)15)9(16)12-6/h1-2H,4H2,(H,12,16)(H,14,15). The molecule has 1 aromatic rings. The van der Waals surface area contributed by atoms with Crippen molar-refractivity contribution in [3.8, 4) is 6.07 Å². The molecule has 2 heterocycles. The quantitative estimate of drug-likeness (QED) is 0.749. The highest BCUT2D eigenvalue weighted by Crippen LogP contribution is 2.28. The van der Waals surface area contributed by atoms with Gasteiger partial charge in [-0.15, -0.1) is 0 Å². The number of aliphatic carboxylic acids is 1. The number of carboxylic acid groups (broad SMARTS) is 1. The number of hydrogen-bond donors (Lipinski definition) is 2. The van der Waals surface area contributed by atoms with E-state index in [1.54, 1.807) is 6.07 Å². The van der Waals surface area contributed by atoms with Gasteiger partial charge in [0, 0.05) is 0 Å². The van der Waals surface area contributed by atoms with E-state index in [-0.39, 0.29) is 15.7 Å². The van der Waals surface area contributed by atoms with Gasteiger partial charge in [0.25, 0.3) is 10.0 Å². The van der Waals surface area contributed by atoms with Crippen molar-refractivity contribution in [2.45, 2.75) is 5.03 Å². The molecular formula is C9H6N4O5S. The summed E-state index contributed by atoms with van der Waals surface area (Å²) in [6.07, 6.45) is 0. The van der Waals surface area contributed by atoms with Crippen LogP contribution in [0.25, 0.3) is 0 Å². The third kappa shape index (κ3) is 2.06. The van der Waals surface area contributed by atoms with Crippen LogP contribution in [0.2, 0.25) is 0 Å². The molecule has 2 N–H and O–H groups in total. The predicted molar refractivity (Wildman–Crippen MR) is 59.5 cm³/mol. The van der Waals surface area contributed by atoms with Crippen molar-refractivity contribution in [1.82, 2.24) is 9.29 Å². The van der Waals surface area contributed by atoms with E-state index in [9.17, 15) is 18.0 Å². The van der Waals surface area contributed by atoms with Crippen molar-refractivity contribution < 1.29 is 23.1 Å². The zero-order valence-corrected chi connectivity index (χ0v) is 10.0. The van der Waals surface area contributed by atoms with Crippen molar-refractivity contribution in [2.24, 2.45) is 0 Å². The van der Waals surface area contributed by atoms with E-state index in [0.29, 0.717) is 0 Å². The first-order valence-electron chi connectivity index (χ1n) is 4.83. The molecular weight excluding hydrogens is 276 g/mol. The molecule has 0 saturated heterocycles. The van der Waals surface area contributed by atoms with Gasteiger partial charge in [-0.05, 0) is 12.1 Å². The van der Waals surface area contributed by atoms with Crippen molar-refractivity contribution in [3.63, 3.8) is 0 Å². The van der Waals surface area contributed by atoms with Crippen LogP contribution >= 0.6 is 0 Å². The summed E-state index contributed by atoms with van der Waals surface area (Å²) in [6, 6.07) is 3.03. The van der Waals surface area contributed by atoms with E-state index >= 15 is 0 Å². The number of nitriles is 1. The lowest BCUT2D eigenvalue weighted by atomic mass is 10.3. The number of amides is 2. The van der Waals surface area contributed by atoms with Gasteiger partial charge in [-0.1, -0.05) is 0 Å². The molecule has 1 aliphatic heterocycles. The number of carbonyl (C=O) groups excluding carboxylic acids is 1. The second kappa shape index (κ2) is 4.21. The Kier molecular flexibility index (Phi) is 2.83. The average Bonchev–Trinajstić information content (AvgIpc) is 2.34. The Morgan fingerprint density at radius 3 is 2.79 bits per heavy atom. The maximum absolute atomic E-state index is 12.0. The first-order chi connectivity index (χ1) is 8.86. The summed E-state index contributed by atoms with van der Waals surface area (Å²) < 4.78 is 24.2. The van der Waals surface area contributed by atoms with Crippen molar-refractivity contribution >= 4 is 27.7 Å². The largest absolute Gasteiger partial charge is 0.480 e. The molecule has 0 spiro atoms. The molecule has 1 aliphatic rings. The molecule has 2 rings (SSSR count). The molecule has 0 unspecified atom stereocenters. The number of nitrogens with zero attached hydrogens (tertiary/aromatic N) is 3. The molecule has 0 aromatic carbocycles. The minimum atomic E-state index is -4.38. The van der Waals surface area contributed by atoms with Gasteiger partial charge in [0.05, 0.1) is 5.69 Å². The molecule has 0 saturated carbocycles. The summed E-state index contributed by atoms with van der Waals surface area (Å²) in [4.78, 5) is 25.7. The van der Waals surface area contributed by atoms with Crippen molar-refractivity contribution in [1.29, 1.82) is 5.26 Å². The normalized spacial score (nSPS) is 16.2. The van der Waals surface area contributed by atoms with Crippen LogP contribution in [0.1, 0.15) is 5.69 Å². The number of pyridine rings is 1. The van der Waals surface area contributed by atoms with Crippen LogP contribution in [0.4, 0.5) is 10.5 Å². The fourth-order valence-electron chi connectivity index (χ4n) is 1.47. The van der Waals surface area contributed by atoms with Gasteiger partial charge in [0.15, 0.2) is 0 Å². The van der Waals surface area contributed by atoms with E-state index in [1.807, 2.05) is 0 Å². The van der Waals surface area contributed by atoms with Crippen molar-refractivity contribution in [2.75, 3.05) is 11.9 Å². The highest BCUT2D eigenvalue weighted by atomic mass is 32.2. The van der Waals surface area contributed by atoms with Crippen LogP contribution < -0.4 is 5.32 Å². The number of urea groups is 1. The first kappa shape index (κ1) is 12.8. The summed E-state index contributed by atoms with van der Waals surface area (Å²) >= 11 is 0. The molecule has 0 bridgehead atoms. The van der Waals surface area contributed by atoms with Crippen LogP contribution in [0, 0.1) is 11.3 Å². The minimum Gasteiger partial charge on any atom is -0.480 e. The Bertz CT molecular complexity index is 721. The van der Waals surface area contributed by atoms with E-state index in [0.717, 1.165) is 0 Å². The number of hydrogen-bond acceptors (Lipinski definition) is 6. The summed E-state index contributed by atoms with van der Waals surface area (Å²) in [6.45, 7) is -1.02. The third-order valence-electron chi connectivity index (χ3n) is 2.26. The van der Waals surface area contributed by atoms with Crippen LogP contribution in [-0.2, 0) is 14.8 Å². The Labute approximate surface area is 107 Å². The first-order valence-corrected chi connectivity index (χ1v) is 6.27. The minimum absolute atomic E-state index is 0.0920. The number of carboxylic acids is 1. The van der Waals surface area contributed by atoms with Gasteiger partial charge in [-0.25, -0.2) is 14.1 Å². The zero-order valence-electron chi connectivity index (χ0n) is 9.19. The topological polar surface area (TPSA) is 140 Å². The van der Waals surface area contributed by atoms with E-state index < -0.39 is 33.6 Å². The molecule has 1 aromatic heterocycles. The Balaban J connectivity index is 2.60. The molecule has 0 atom stereocenters. The van der Waals surface area contributed by atoms with E-state index in [1.165, 1.54) is 12.1 Å². The Morgan fingerprint density at radius 1 is 1.53 bits per heavy atom. The molecule has 10 heteroatoms. The maximum atomic E-state index is 12.0. The van der Waals surface area contributed by atoms with Gasteiger partial charge in [-0.2, -0.15) is 13.7 Å². The highest BCUT2D eigenvalue weighted by Gasteiger charge is 2.39. The average molecular weight is 282 g/mol. The lowest BCUT2D eigenvalue weighted by Crippen LogP contribution is -2.46. The zero-order chi connectivity index (χ0) is 14.2. The smallest absolute Gasteiger partial charge is 0.336 e. The van der Waals surface area contributed by atoms with Crippen LogP contribution in [0.3, 0.4) is 0 Å². The van der Waals surface area contributed by atoms with Gasteiger partial charge in [0.2, 0.25) is 5.03 Å². The lowest BCUT2D eigenvalue weighted by molar-refractivity contribution is -0.136. The second-order valence-electron chi connectivity index (χ2n) is 3.50. The van der Waals surface area contributed by atoms with Crippen LogP contribution in [0.5, 0.6) is 0 Å². The number of rotatable bonds is 2. The predicted octanol–water partition coefficient (Wildman–Crippen LogP) is -0.426. The summed E-state index contributed by atoms with van der Waals surface area (Å²) in [5.41, 5.74) is -0.251. The summed E-state index contributed by atoms with van der Waals surface area (Å²) in [7, 11) is -4.38. The number of anilines is 1. The number of fused-ring (bicyclic) bond motifs is 1. The molecule has 98 valence electrons. The van der Waals surface area contributed by atoms with Gasteiger partial charge < -0.3 is 10.4 Å². The molecule has 19 heavy (non-hydrogen) atoms. The lowest BCUT2D eigenvalue weighted by Gasteiger charge is -2.26. The van der Waals surface area contributed by atoms with E-state index in [4.69, 9.17) is 10.4 Å². The second-order valence-corrected chi connectivity index (χ2v) is 5.27. The number of nitrogens with one attached hydrogen (secondary N) is 1. The number of sulfonamides is 1. The van der Waals surface area contributed by atoms with Crippen molar-refractivity contribution in [3.05, 3.63) is 17.8 Å². The highest BCUT2D eigenvalue weighted by molar-refractivity contribution is 7.89. The number of aromatic nitrogens is 1. The Morgan fingerprint density at radius 2 is 2.21 bits per heavy atom. The fraction of sp³-hybridized carbons (Fsp3) is 0.111. The maximum Gasteiger partial charge on any atom is 0.336 e. The van der Waals surface area contributed by atoms with Gasteiger partial charge in [-0.3, -0.25) is 4.79 Å². The summed E-state index contributed by atoms with van der Waals surface area (Å²) in [5, 5.41) is 18.9.